The van der Waals surface area contributed by atoms with Crippen LogP contribution in [0.2, 0.25) is 0 Å². The molecule has 0 radical (unpaired) electrons. The van der Waals surface area contributed by atoms with Crippen molar-refractivity contribution in [3.05, 3.63) is 22.8 Å². The highest BCUT2D eigenvalue weighted by Gasteiger charge is 2.26. The third-order valence-electron chi connectivity index (χ3n) is 2.46. The molecule has 0 aliphatic carbocycles. The number of carbonyl (C=O) groups is 2. The molecule has 0 bridgehead atoms. The predicted octanol–water partition coefficient (Wildman–Crippen LogP) is 2.28. The first-order chi connectivity index (χ1) is 7.68. The Morgan fingerprint density at radius 1 is 1.12 bits per heavy atom. The van der Waals surface area contributed by atoms with Gasteiger partial charge in [0.05, 0.1) is 0 Å². The summed E-state index contributed by atoms with van der Waals surface area (Å²) in [5, 5.41) is 0. The zero-order valence-electron chi connectivity index (χ0n) is 8.65. The van der Waals surface area contributed by atoms with Crippen LogP contribution in [0, 0.1) is 0 Å². The Balaban J connectivity index is 2.36. The molecule has 2 amide bonds. The van der Waals surface area contributed by atoms with Gasteiger partial charge in [-0.2, -0.15) is 0 Å². The average molecular weight is 283 g/mol. The summed E-state index contributed by atoms with van der Waals surface area (Å²) >= 11 is 3.23. The fourth-order valence-electron chi connectivity index (χ4n) is 1.69. The molecule has 0 aromatic carbocycles. The Kier molecular flexibility index (Phi) is 3.33. The van der Waals surface area contributed by atoms with E-state index in [9.17, 15) is 9.59 Å². The van der Waals surface area contributed by atoms with E-state index >= 15 is 0 Å². The highest BCUT2D eigenvalue weighted by atomic mass is 79.9. The van der Waals surface area contributed by atoms with Gasteiger partial charge in [0.1, 0.15) is 10.4 Å². The molecule has 0 spiro atoms. The Morgan fingerprint density at radius 3 is 2.31 bits per heavy atom. The fourth-order valence-corrected chi connectivity index (χ4v) is 2.03. The molecule has 16 heavy (non-hydrogen) atoms. The van der Waals surface area contributed by atoms with Crippen LogP contribution in [-0.2, 0) is 9.59 Å². The molecule has 5 heteroatoms. The molecule has 0 saturated carbocycles. The minimum absolute atomic E-state index is 0.159. The summed E-state index contributed by atoms with van der Waals surface area (Å²) in [5.74, 6) is 0.0903. The number of nitrogens with zero attached hydrogens (tertiary/aromatic N) is 2. The van der Waals surface area contributed by atoms with Crippen LogP contribution in [0.15, 0.2) is 22.8 Å². The number of carbonyl (C=O) groups excluding carboxylic acids is 2. The second kappa shape index (κ2) is 4.74. The molecule has 0 N–H and O–H groups in total. The van der Waals surface area contributed by atoms with Gasteiger partial charge >= 0.3 is 0 Å². The summed E-state index contributed by atoms with van der Waals surface area (Å²) in [5.41, 5.74) is 0. The largest absolute Gasteiger partial charge is 0.274 e. The maximum absolute atomic E-state index is 11.8. The van der Waals surface area contributed by atoms with Crippen LogP contribution in [0.4, 0.5) is 5.82 Å². The number of pyridine rings is 1. The quantitative estimate of drug-likeness (QED) is 0.587. The zero-order chi connectivity index (χ0) is 11.5. The van der Waals surface area contributed by atoms with Gasteiger partial charge in [0.15, 0.2) is 0 Å². The molecule has 1 aliphatic heterocycles. The lowest BCUT2D eigenvalue weighted by Gasteiger charge is -2.17. The number of hydrogen-bond acceptors (Lipinski definition) is 3. The zero-order valence-corrected chi connectivity index (χ0v) is 10.2. The van der Waals surface area contributed by atoms with E-state index < -0.39 is 0 Å². The van der Waals surface area contributed by atoms with E-state index in [2.05, 4.69) is 20.9 Å². The maximum atomic E-state index is 11.8. The van der Waals surface area contributed by atoms with Crippen LogP contribution >= 0.6 is 15.9 Å². The molecule has 1 saturated heterocycles. The minimum Gasteiger partial charge on any atom is -0.274 e. The summed E-state index contributed by atoms with van der Waals surface area (Å²) in [6.07, 6.45) is 2.38. The highest BCUT2D eigenvalue weighted by molar-refractivity contribution is 9.10. The Hall–Kier alpha value is -1.23. The van der Waals surface area contributed by atoms with Crippen molar-refractivity contribution in [3.63, 3.8) is 0 Å². The van der Waals surface area contributed by atoms with Gasteiger partial charge in [-0.1, -0.05) is 6.07 Å². The van der Waals surface area contributed by atoms with Crippen molar-refractivity contribution in [1.82, 2.24) is 4.98 Å². The topological polar surface area (TPSA) is 50.3 Å². The van der Waals surface area contributed by atoms with Crippen molar-refractivity contribution in [2.24, 2.45) is 0 Å². The van der Waals surface area contributed by atoms with E-state index in [-0.39, 0.29) is 11.8 Å². The number of rotatable bonds is 1. The first-order valence-electron chi connectivity index (χ1n) is 5.17. The molecule has 1 aromatic rings. The molecule has 1 aromatic heterocycles. The van der Waals surface area contributed by atoms with Crippen LogP contribution in [0.3, 0.4) is 0 Å². The Labute approximate surface area is 102 Å². The van der Waals surface area contributed by atoms with Crippen molar-refractivity contribution in [3.8, 4) is 0 Å². The van der Waals surface area contributed by atoms with Gasteiger partial charge in [-0.05, 0) is 40.9 Å². The monoisotopic (exact) mass is 282 g/mol. The van der Waals surface area contributed by atoms with Gasteiger partial charge in [0.25, 0.3) is 0 Å². The lowest BCUT2D eigenvalue weighted by atomic mass is 10.2. The Bertz CT molecular complexity index is 416. The van der Waals surface area contributed by atoms with Crippen molar-refractivity contribution in [1.29, 1.82) is 0 Å². The van der Waals surface area contributed by atoms with Gasteiger partial charge in [0, 0.05) is 12.8 Å². The van der Waals surface area contributed by atoms with Gasteiger partial charge in [-0.15, -0.1) is 0 Å². The molecular weight excluding hydrogens is 272 g/mol. The predicted molar refractivity (Wildman–Crippen MR) is 62.9 cm³/mol. The van der Waals surface area contributed by atoms with E-state index in [1.807, 2.05) is 0 Å². The van der Waals surface area contributed by atoms with Crippen molar-refractivity contribution >= 4 is 33.6 Å². The van der Waals surface area contributed by atoms with Gasteiger partial charge in [-0.25, -0.2) is 9.88 Å². The number of aromatic nitrogens is 1. The summed E-state index contributed by atoms with van der Waals surface area (Å²) in [6.45, 7) is 0. The summed E-state index contributed by atoms with van der Waals surface area (Å²) in [6, 6.07) is 5.19. The highest BCUT2D eigenvalue weighted by Crippen LogP contribution is 2.21. The molecule has 84 valence electrons. The normalized spacial score (nSPS) is 17.4. The third-order valence-corrected chi connectivity index (χ3v) is 2.90. The lowest BCUT2D eigenvalue weighted by Crippen LogP contribution is -2.35. The van der Waals surface area contributed by atoms with E-state index in [0.29, 0.717) is 23.3 Å². The van der Waals surface area contributed by atoms with Crippen LogP contribution in [-0.4, -0.2) is 16.8 Å². The number of halogens is 1. The maximum Gasteiger partial charge on any atom is 0.234 e. The molecule has 1 fully saturated rings. The smallest absolute Gasteiger partial charge is 0.234 e. The van der Waals surface area contributed by atoms with E-state index in [0.717, 1.165) is 12.8 Å². The SMILES string of the molecule is O=C1CCCCC(=O)N1c1cccc(Br)n1. The average Bonchev–Trinajstić information content (AvgIpc) is 2.40. The second-order valence-corrected chi connectivity index (χ2v) is 4.46. The van der Waals surface area contributed by atoms with Gasteiger partial charge in [-0.3, -0.25) is 9.59 Å². The van der Waals surface area contributed by atoms with Crippen LogP contribution in [0.5, 0.6) is 0 Å². The third kappa shape index (κ3) is 2.29. The number of imide groups is 1. The molecule has 0 atom stereocenters. The van der Waals surface area contributed by atoms with E-state index in [4.69, 9.17) is 0 Å². The van der Waals surface area contributed by atoms with Crippen LogP contribution in [0.25, 0.3) is 0 Å². The number of anilines is 1. The van der Waals surface area contributed by atoms with E-state index in [1.165, 1.54) is 4.90 Å². The first kappa shape index (κ1) is 11.3. The van der Waals surface area contributed by atoms with Crippen molar-refractivity contribution in [2.45, 2.75) is 25.7 Å². The second-order valence-electron chi connectivity index (χ2n) is 3.65. The van der Waals surface area contributed by atoms with Crippen LogP contribution in [0.1, 0.15) is 25.7 Å². The Morgan fingerprint density at radius 2 is 1.75 bits per heavy atom. The first-order valence-corrected chi connectivity index (χ1v) is 5.96. The molecule has 1 aliphatic rings. The van der Waals surface area contributed by atoms with Gasteiger partial charge < -0.3 is 0 Å². The summed E-state index contributed by atoms with van der Waals surface area (Å²) in [4.78, 5) is 28.9. The molecule has 4 nitrogen and oxygen atoms in total. The molecular formula is C11H11BrN2O2. The fraction of sp³-hybridized carbons (Fsp3) is 0.364. The lowest BCUT2D eigenvalue weighted by molar-refractivity contribution is -0.125. The van der Waals surface area contributed by atoms with Gasteiger partial charge in [0.2, 0.25) is 11.8 Å². The van der Waals surface area contributed by atoms with E-state index in [1.54, 1.807) is 18.2 Å². The van der Waals surface area contributed by atoms with Crippen molar-refractivity contribution in [2.75, 3.05) is 4.90 Å². The number of amides is 2. The minimum atomic E-state index is -0.159. The summed E-state index contributed by atoms with van der Waals surface area (Å²) in [7, 11) is 0. The van der Waals surface area contributed by atoms with Crippen LogP contribution < -0.4 is 4.90 Å². The molecule has 0 unspecified atom stereocenters. The standard InChI is InChI=1S/C11H11BrN2O2/c12-8-4-3-5-9(13-8)14-10(15)6-1-2-7-11(14)16/h3-5H,1-2,6-7H2. The summed E-state index contributed by atoms with van der Waals surface area (Å²) < 4.78 is 0.620. The molecule has 2 rings (SSSR count). The molecule has 2 heterocycles. The van der Waals surface area contributed by atoms with Crippen molar-refractivity contribution < 1.29 is 9.59 Å². The number of hydrogen-bond donors (Lipinski definition) is 0.